The number of hydrogen-bond donors (Lipinski definition) is 1. The normalized spacial score (nSPS) is 20.4. The first-order valence-corrected chi connectivity index (χ1v) is 9.87. The summed E-state index contributed by atoms with van der Waals surface area (Å²) in [6.07, 6.45) is 0.397. The zero-order valence-electron chi connectivity index (χ0n) is 14.5. The van der Waals surface area contributed by atoms with Gasteiger partial charge in [-0.3, -0.25) is 4.79 Å². The van der Waals surface area contributed by atoms with Crippen molar-refractivity contribution in [3.63, 3.8) is 0 Å². The largest absolute Gasteiger partial charge is 0.331 e. The van der Waals surface area contributed by atoms with Gasteiger partial charge in [-0.1, -0.05) is 20.8 Å². The van der Waals surface area contributed by atoms with Crippen LogP contribution in [0.1, 0.15) is 33.0 Å². The Morgan fingerprint density at radius 3 is 2.62 bits per heavy atom. The fraction of sp³-hybridized carbons (Fsp3) is 0.529. The third-order valence-corrected chi connectivity index (χ3v) is 6.19. The molecule has 1 aliphatic rings. The predicted molar refractivity (Wildman–Crippen MR) is 94.8 cm³/mol. The van der Waals surface area contributed by atoms with E-state index in [2.05, 4.69) is 35.6 Å². The molecule has 24 heavy (non-hydrogen) atoms. The summed E-state index contributed by atoms with van der Waals surface area (Å²) in [6.45, 7) is 6.33. The number of carbonyl (C=O) groups is 1. The standard InChI is InChI=1S/C17H23N3O3S/c1-17(2,3)16-19-13-9-12(5-6-14(13)20(16)4)18-15(21)11-7-8-24(22,23)10-11/h5-6,9,11H,7-8,10H2,1-4H3,(H,18,21)/t11-/m0/s1. The molecular weight excluding hydrogens is 326 g/mol. The summed E-state index contributed by atoms with van der Waals surface area (Å²) in [5.41, 5.74) is 2.39. The lowest BCUT2D eigenvalue weighted by Crippen LogP contribution is -2.23. The van der Waals surface area contributed by atoms with Gasteiger partial charge in [0.1, 0.15) is 5.82 Å². The lowest BCUT2D eigenvalue weighted by molar-refractivity contribution is -0.119. The van der Waals surface area contributed by atoms with Crippen LogP contribution in [0.2, 0.25) is 0 Å². The van der Waals surface area contributed by atoms with Crippen molar-refractivity contribution in [2.75, 3.05) is 16.8 Å². The number of sulfone groups is 1. The van der Waals surface area contributed by atoms with Crippen LogP contribution < -0.4 is 5.32 Å². The van der Waals surface area contributed by atoms with Gasteiger partial charge in [0, 0.05) is 18.2 Å². The van der Waals surface area contributed by atoms with Crippen LogP contribution in [0.3, 0.4) is 0 Å². The predicted octanol–water partition coefficient (Wildman–Crippen LogP) is 2.24. The number of hydrogen-bond acceptors (Lipinski definition) is 4. The number of imidazole rings is 1. The topological polar surface area (TPSA) is 81.1 Å². The van der Waals surface area contributed by atoms with E-state index in [9.17, 15) is 13.2 Å². The van der Waals surface area contributed by atoms with Gasteiger partial charge in [-0.15, -0.1) is 0 Å². The molecule has 0 saturated carbocycles. The smallest absolute Gasteiger partial charge is 0.228 e. The van der Waals surface area contributed by atoms with Crippen molar-refractivity contribution >= 4 is 32.5 Å². The van der Waals surface area contributed by atoms with Crippen molar-refractivity contribution in [3.8, 4) is 0 Å². The van der Waals surface area contributed by atoms with Crippen LogP contribution in [0, 0.1) is 5.92 Å². The number of nitrogens with one attached hydrogen (secondary N) is 1. The van der Waals surface area contributed by atoms with Crippen LogP contribution in [0.15, 0.2) is 18.2 Å². The van der Waals surface area contributed by atoms with Gasteiger partial charge in [0.05, 0.1) is 28.5 Å². The first-order chi connectivity index (χ1) is 11.1. The Bertz CT molecular complexity index is 907. The maximum absolute atomic E-state index is 12.3. The second-order valence-corrected chi connectivity index (χ2v) is 9.77. The van der Waals surface area contributed by atoms with Crippen molar-refractivity contribution < 1.29 is 13.2 Å². The number of amides is 1. The summed E-state index contributed by atoms with van der Waals surface area (Å²) < 4.78 is 25.1. The van der Waals surface area contributed by atoms with Crippen molar-refractivity contribution in [1.82, 2.24) is 9.55 Å². The summed E-state index contributed by atoms with van der Waals surface area (Å²) >= 11 is 0. The molecule has 130 valence electrons. The van der Waals surface area contributed by atoms with Gasteiger partial charge in [0.25, 0.3) is 0 Å². The third kappa shape index (κ3) is 3.17. The molecule has 2 aromatic rings. The van der Waals surface area contributed by atoms with Crippen molar-refractivity contribution in [3.05, 3.63) is 24.0 Å². The average Bonchev–Trinajstić information content (AvgIpc) is 2.99. The number of aryl methyl sites for hydroxylation is 1. The van der Waals surface area contributed by atoms with Crippen molar-refractivity contribution in [2.45, 2.75) is 32.6 Å². The Morgan fingerprint density at radius 2 is 2.04 bits per heavy atom. The Balaban J connectivity index is 1.85. The third-order valence-electron chi connectivity index (χ3n) is 4.42. The Hall–Kier alpha value is -1.89. The minimum Gasteiger partial charge on any atom is -0.331 e. The van der Waals surface area contributed by atoms with E-state index in [-0.39, 0.29) is 22.8 Å². The molecule has 1 N–H and O–H groups in total. The number of nitrogens with zero attached hydrogens (tertiary/aromatic N) is 2. The van der Waals surface area contributed by atoms with Crippen LogP contribution >= 0.6 is 0 Å². The van der Waals surface area contributed by atoms with E-state index in [1.165, 1.54) is 0 Å². The van der Waals surface area contributed by atoms with Crippen molar-refractivity contribution in [2.24, 2.45) is 13.0 Å². The van der Waals surface area contributed by atoms with E-state index in [1.54, 1.807) is 0 Å². The number of aromatic nitrogens is 2. The lowest BCUT2D eigenvalue weighted by atomic mass is 9.96. The van der Waals surface area contributed by atoms with Crippen LogP contribution in [0.4, 0.5) is 5.69 Å². The quantitative estimate of drug-likeness (QED) is 0.901. The molecule has 1 aliphatic heterocycles. The first kappa shape index (κ1) is 17.0. The van der Waals surface area contributed by atoms with E-state index in [0.717, 1.165) is 16.9 Å². The molecule has 0 unspecified atom stereocenters. The molecule has 0 bridgehead atoms. The average molecular weight is 349 g/mol. The molecule has 1 saturated heterocycles. The summed E-state index contributed by atoms with van der Waals surface area (Å²) in [5.74, 6) is 0.322. The second kappa shape index (κ2) is 5.58. The van der Waals surface area contributed by atoms with E-state index in [0.29, 0.717) is 12.1 Å². The zero-order chi connectivity index (χ0) is 17.7. The molecule has 1 fully saturated rings. The number of anilines is 1. The number of carbonyl (C=O) groups excluding carboxylic acids is 1. The highest BCUT2D eigenvalue weighted by Crippen LogP contribution is 2.27. The highest BCUT2D eigenvalue weighted by molar-refractivity contribution is 7.91. The van der Waals surface area contributed by atoms with Crippen LogP contribution in [0.25, 0.3) is 11.0 Å². The van der Waals surface area contributed by atoms with Gasteiger partial charge in [-0.25, -0.2) is 13.4 Å². The molecule has 2 heterocycles. The molecule has 1 aromatic heterocycles. The van der Waals surface area contributed by atoms with Gasteiger partial charge >= 0.3 is 0 Å². The fourth-order valence-corrected chi connectivity index (χ4v) is 4.94. The maximum atomic E-state index is 12.3. The number of benzene rings is 1. The highest BCUT2D eigenvalue weighted by atomic mass is 32.2. The van der Waals surface area contributed by atoms with Crippen molar-refractivity contribution in [1.29, 1.82) is 0 Å². The minimum absolute atomic E-state index is 0.0567. The summed E-state index contributed by atoms with van der Waals surface area (Å²) in [7, 11) is -1.08. The Kier molecular flexibility index (Phi) is 3.94. The summed E-state index contributed by atoms with van der Waals surface area (Å²) in [5, 5.41) is 2.83. The van der Waals surface area contributed by atoms with Gasteiger partial charge in [-0.05, 0) is 24.6 Å². The van der Waals surface area contributed by atoms with Gasteiger partial charge in [-0.2, -0.15) is 0 Å². The molecule has 0 spiro atoms. The summed E-state index contributed by atoms with van der Waals surface area (Å²) in [4.78, 5) is 17.0. The zero-order valence-corrected chi connectivity index (χ0v) is 15.3. The fourth-order valence-electron chi connectivity index (χ4n) is 3.19. The summed E-state index contributed by atoms with van der Waals surface area (Å²) in [6, 6.07) is 5.60. The second-order valence-electron chi connectivity index (χ2n) is 7.54. The molecule has 0 radical (unpaired) electrons. The van der Waals surface area contributed by atoms with Crippen LogP contribution in [-0.4, -0.2) is 35.4 Å². The van der Waals surface area contributed by atoms with Gasteiger partial charge in [0.2, 0.25) is 5.91 Å². The number of rotatable bonds is 2. The molecule has 1 amide bonds. The molecule has 0 aliphatic carbocycles. The minimum atomic E-state index is -3.06. The van der Waals surface area contributed by atoms with Gasteiger partial charge in [0.15, 0.2) is 9.84 Å². The molecule has 7 heteroatoms. The van der Waals surface area contributed by atoms with Crippen LogP contribution in [0.5, 0.6) is 0 Å². The van der Waals surface area contributed by atoms with E-state index in [1.807, 2.05) is 25.2 Å². The highest BCUT2D eigenvalue weighted by Gasteiger charge is 2.33. The van der Waals surface area contributed by atoms with E-state index in [4.69, 9.17) is 0 Å². The Morgan fingerprint density at radius 1 is 1.33 bits per heavy atom. The van der Waals surface area contributed by atoms with E-state index < -0.39 is 15.8 Å². The molecule has 1 aromatic carbocycles. The number of fused-ring (bicyclic) bond motifs is 1. The monoisotopic (exact) mass is 349 g/mol. The van der Waals surface area contributed by atoms with E-state index >= 15 is 0 Å². The molecule has 3 rings (SSSR count). The Labute approximate surface area is 142 Å². The molecule has 6 nitrogen and oxygen atoms in total. The molecular formula is C17H23N3O3S. The SMILES string of the molecule is Cn1c(C(C)(C)C)nc2cc(NC(=O)[C@H]3CCS(=O)(=O)C3)ccc21. The lowest BCUT2D eigenvalue weighted by Gasteiger charge is -2.17. The van der Waals surface area contributed by atoms with Gasteiger partial charge < -0.3 is 9.88 Å². The first-order valence-electron chi connectivity index (χ1n) is 8.05. The molecule has 1 atom stereocenters. The maximum Gasteiger partial charge on any atom is 0.228 e. The van der Waals surface area contributed by atoms with Crippen LogP contribution in [-0.2, 0) is 27.1 Å².